The molecule has 2 N–H and O–H groups in total. The Morgan fingerprint density at radius 3 is 2.69 bits per heavy atom. The molecule has 7 nitrogen and oxygen atoms in total. The van der Waals surface area contributed by atoms with Crippen LogP contribution >= 0.6 is 11.6 Å². The summed E-state index contributed by atoms with van der Waals surface area (Å²) < 4.78 is 5.57. The molecule has 1 fully saturated rings. The molecule has 0 bridgehead atoms. The largest absolute Gasteiger partial charge is 0.450 e. The van der Waals surface area contributed by atoms with Gasteiger partial charge in [-0.3, -0.25) is 14.9 Å². The SMILES string of the molecule is O=C(NC1CCCNC1)c1ccc(Oc2ccc(Cl)cc2[N+](=O)[O-])cc1. The molecule has 3 rings (SSSR count). The number of carbonyl (C=O) groups excluding carboxylic acids is 1. The number of carbonyl (C=O) groups is 1. The van der Waals surface area contributed by atoms with E-state index in [1.54, 1.807) is 24.3 Å². The maximum atomic E-state index is 12.3. The lowest BCUT2D eigenvalue weighted by atomic mass is 10.1. The average Bonchev–Trinajstić information content (AvgIpc) is 2.64. The molecule has 1 unspecified atom stereocenters. The Morgan fingerprint density at radius 1 is 1.27 bits per heavy atom. The van der Waals surface area contributed by atoms with E-state index < -0.39 is 4.92 Å². The second kappa shape index (κ2) is 8.16. The summed E-state index contributed by atoms with van der Waals surface area (Å²) in [7, 11) is 0. The fourth-order valence-corrected chi connectivity index (χ4v) is 2.93. The van der Waals surface area contributed by atoms with Crippen molar-refractivity contribution in [1.82, 2.24) is 10.6 Å². The number of nitro groups is 1. The van der Waals surface area contributed by atoms with Gasteiger partial charge < -0.3 is 15.4 Å². The van der Waals surface area contributed by atoms with Gasteiger partial charge in [0.25, 0.3) is 5.91 Å². The van der Waals surface area contributed by atoms with Gasteiger partial charge in [0.15, 0.2) is 0 Å². The second-order valence-corrected chi connectivity index (χ2v) is 6.45. The van der Waals surface area contributed by atoms with Gasteiger partial charge in [-0.15, -0.1) is 0 Å². The third-order valence-electron chi connectivity index (χ3n) is 4.09. The number of rotatable bonds is 5. The summed E-state index contributed by atoms with van der Waals surface area (Å²) in [6.07, 6.45) is 2.00. The highest BCUT2D eigenvalue weighted by Crippen LogP contribution is 2.33. The van der Waals surface area contributed by atoms with Crippen LogP contribution in [-0.4, -0.2) is 30.0 Å². The molecule has 1 atom stereocenters. The molecular weight excluding hydrogens is 358 g/mol. The van der Waals surface area contributed by atoms with Crippen LogP contribution in [-0.2, 0) is 0 Å². The van der Waals surface area contributed by atoms with Gasteiger partial charge in [-0.1, -0.05) is 11.6 Å². The van der Waals surface area contributed by atoms with Crippen molar-refractivity contribution in [2.24, 2.45) is 0 Å². The zero-order valence-electron chi connectivity index (χ0n) is 13.9. The molecule has 2 aromatic rings. The van der Waals surface area contributed by atoms with Crippen molar-refractivity contribution in [2.75, 3.05) is 13.1 Å². The van der Waals surface area contributed by atoms with Crippen LogP contribution in [0.15, 0.2) is 42.5 Å². The molecule has 26 heavy (non-hydrogen) atoms. The number of amides is 1. The average molecular weight is 376 g/mol. The second-order valence-electron chi connectivity index (χ2n) is 6.01. The van der Waals surface area contributed by atoms with Crippen LogP contribution in [0.25, 0.3) is 0 Å². The Bertz CT molecular complexity index is 805. The molecule has 0 saturated carbocycles. The molecule has 1 amide bonds. The number of nitrogens with one attached hydrogen (secondary N) is 2. The standard InChI is InChI=1S/C18H18ClN3O4/c19-13-5-8-17(16(10-13)22(24)25)26-15-6-3-12(4-7-15)18(23)21-14-2-1-9-20-11-14/h3-8,10,14,20H,1-2,9,11H2,(H,21,23). The summed E-state index contributed by atoms with van der Waals surface area (Å²) in [6.45, 7) is 1.75. The number of nitrogens with zero attached hydrogens (tertiary/aromatic N) is 1. The van der Waals surface area contributed by atoms with Crippen molar-refractivity contribution in [3.63, 3.8) is 0 Å². The Hall–Kier alpha value is -2.64. The van der Waals surface area contributed by atoms with Crippen LogP contribution in [0.4, 0.5) is 5.69 Å². The minimum absolute atomic E-state index is 0.0879. The molecular formula is C18H18ClN3O4. The first-order valence-corrected chi connectivity index (χ1v) is 8.64. The Kier molecular flexibility index (Phi) is 5.70. The number of piperidine rings is 1. The lowest BCUT2D eigenvalue weighted by Gasteiger charge is -2.23. The molecule has 136 valence electrons. The number of hydrogen-bond acceptors (Lipinski definition) is 5. The first-order chi connectivity index (χ1) is 12.5. The highest BCUT2D eigenvalue weighted by atomic mass is 35.5. The minimum atomic E-state index is -0.554. The van der Waals surface area contributed by atoms with Gasteiger partial charge in [0.2, 0.25) is 5.75 Å². The number of hydrogen-bond donors (Lipinski definition) is 2. The maximum absolute atomic E-state index is 12.3. The monoisotopic (exact) mass is 375 g/mol. The molecule has 1 aliphatic rings. The van der Waals surface area contributed by atoms with Gasteiger partial charge in [0, 0.05) is 29.2 Å². The van der Waals surface area contributed by atoms with E-state index in [-0.39, 0.29) is 28.4 Å². The fraction of sp³-hybridized carbons (Fsp3) is 0.278. The van der Waals surface area contributed by atoms with Crippen LogP contribution in [0.2, 0.25) is 5.02 Å². The smallest absolute Gasteiger partial charge is 0.313 e. The van der Waals surface area contributed by atoms with Gasteiger partial charge in [-0.05, 0) is 55.8 Å². The summed E-state index contributed by atoms with van der Waals surface area (Å²) in [6, 6.07) is 10.8. The first kappa shape index (κ1) is 18.2. The van der Waals surface area contributed by atoms with E-state index in [2.05, 4.69) is 10.6 Å². The van der Waals surface area contributed by atoms with Gasteiger partial charge >= 0.3 is 5.69 Å². The lowest BCUT2D eigenvalue weighted by molar-refractivity contribution is -0.385. The van der Waals surface area contributed by atoms with Crippen LogP contribution in [0, 0.1) is 10.1 Å². The van der Waals surface area contributed by atoms with Crippen molar-refractivity contribution in [3.8, 4) is 11.5 Å². The van der Waals surface area contributed by atoms with Crippen LogP contribution in [0.1, 0.15) is 23.2 Å². The predicted octanol–water partition coefficient (Wildman–Crippen LogP) is 3.52. The highest BCUT2D eigenvalue weighted by Gasteiger charge is 2.18. The molecule has 1 heterocycles. The van der Waals surface area contributed by atoms with E-state index >= 15 is 0 Å². The molecule has 0 aliphatic carbocycles. The molecule has 2 aromatic carbocycles. The summed E-state index contributed by atoms with van der Waals surface area (Å²) >= 11 is 5.79. The number of nitro benzene ring substituents is 1. The van der Waals surface area contributed by atoms with Crippen molar-refractivity contribution in [3.05, 3.63) is 63.2 Å². The van der Waals surface area contributed by atoms with Crippen molar-refractivity contribution in [2.45, 2.75) is 18.9 Å². The van der Waals surface area contributed by atoms with Crippen LogP contribution in [0.3, 0.4) is 0 Å². The predicted molar refractivity (Wildman–Crippen MR) is 98.0 cm³/mol. The molecule has 0 radical (unpaired) electrons. The fourth-order valence-electron chi connectivity index (χ4n) is 2.76. The molecule has 1 saturated heterocycles. The van der Waals surface area contributed by atoms with Crippen LogP contribution < -0.4 is 15.4 Å². The number of halogens is 1. The van der Waals surface area contributed by atoms with E-state index in [0.29, 0.717) is 11.3 Å². The van der Waals surface area contributed by atoms with E-state index in [4.69, 9.17) is 16.3 Å². The number of benzene rings is 2. The quantitative estimate of drug-likeness (QED) is 0.616. The molecule has 1 aliphatic heterocycles. The van der Waals surface area contributed by atoms with Crippen molar-refractivity contribution in [1.29, 1.82) is 0 Å². The Labute approximate surface area is 155 Å². The van der Waals surface area contributed by atoms with E-state index in [0.717, 1.165) is 25.9 Å². The zero-order valence-corrected chi connectivity index (χ0v) is 14.7. The van der Waals surface area contributed by atoms with Crippen molar-refractivity contribution >= 4 is 23.2 Å². The van der Waals surface area contributed by atoms with E-state index in [1.807, 2.05) is 0 Å². The summed E-state index contributed by atoms with van der Waals surface area (Å²) in [5, 5.41) is 17.6. The third-order valence-corrected chi connectivity index (χ3v) is 4.33. The van der Waals surface area contributed by atoms with Gasteiger partial charge in [-0.25, -0.2) is 0 Å². The van der Waals surface area contributed by atoms with Crippen molar-refractivity contribution < 1.29 is 14.5 Å². The van der Waals surface area contributed by atoms with Gasteiger partial charge in [0.1, 0.15) is 5.75 Å². The lowest BCUT2D eigenvalue weighted by Crippen LogP contribution is -2.45. The molecule has 0 spiro atoms. The Balaban J connectivity index is 1.68. The van der Waals surface area contributed by atoms with E-state index in [1.165, 1.54) is 18.2 Å². The Morgan fingerprint density at radius 2 is 2.04 bits per heavy atom. The van der Waals surface area contributed by atoms with Gasteiger partial charge in [-0.2, -0.15) is 0 Å². The van der Waals surface area contributed by atoms with Gasteiger partial charge in [0.05, 0.1) is 4.92 Å². The van der Waals surface area contributed by atoms with Crippen LogP contribution in [0.5, 0.6) is 11.5 Å². The molecule has 0 aromatic heterocycles. The normalized spacial score (nSPS) is 16.7. The third kappa shape index (κ3) is 4.50. The maximum Gasteiger partial charge on any atom is 0.313 e. The zero-order chi connectivity index (χ0) is 18.5. The topological polar surface area (TPSA) is 93.5 Å². The number of ether oxygens (including phenoxy) is 1. The highest BCUT2D eigenvalue weighted by molar-refractivity contribution is 6.30. The molecule has 8 heteroatoms. The summed E-state index contributed by atoms with van der Waals surface area (Å²) in [5.74, 6) is 0.332. The first-order valence-electron chi connectivity index (χ1n) is 8.26. The summed E-state index contributed by atoms with van der Waals surface area (Å²) in [4.78, 5) is 22.8. The minimum Gasteiger partial charge on any atom is -0.450 e. The summed E-state index contributed by atoms with van der Waals surface area (Å²) in [5.41, 5.74) is 0.289. The van der Waals surface area contributed by atoms with E-state index in [9.17, 15) is 14.9 Å².